The maximum atomic E-state index is 3.55. The van der Waals surface area contributed by atoms with Crippen molar-refractivity contribution in [3.8, 4) is 0 Å². The number of halogens is 3. The second-order valence-corrected chi connectivity index (χ2v) is 11.2. The van der Waals surface area contributed by atoms with Gasteiger partial charge in [-0.3, -0.25) is 0 Å². The Morgan fingerprint density at radius 3 is 2.69 bits per heavy atom. The second kappa shape index (κ2) is 12.0. The summed E-state index contributed by atoms with van der Waals surface area (Å²) in [5.74, 6) is 0. The van der Waals surface area contributed by atoms with Crippen LogP contribution in [-0.4, -0.2) is 4.43 Å². The van der Waals surface area contributed by atoms with Crippen molar-refractivity contribution in [1.82, 2.24) is 1.74 Å². The van der Waals surface area contributed by atoms with Crippen LogP contribution in [0.15, 0.2) is 11.6 Å². The molecule has 0 fully saturated rings. The van der Waals surface area contributed by atoms with E-state index in [1.165, 1.54) is 35.7 Å². The second-order valence-electron chi connectivity index (χ2n) is 3.10. The van der Waals surface area contributed by atoms with Gasteiger partial charge in [-0.05, 0) is 0 Å². The Kier molecular flexibility index (Phi) is 13.7. The molecule has 0 amide bonds. The van der Waals surface area contributed by atoms with Gasteiger partial charge < -0.3 is 0 Å². The van der Waals surface area contributed by atoms with E-state index in [9.17, 15) is 0 Å². The van der Waals surface area contributed by atoms with Gasteiger partial charge in [-0.2, -0.15) is 0 Å². The summed E-state index contributed by atoms with van der Waals surface area (Å²) in [7, 11) is 0. The van der Waals surface area contributed by atoms with Gasteiger partial charge in [-0.25, -0.2) is 0 Å². The predicted molar refractivity (Wildman–Crippen MR) is 59.9 cm³/mol. The van der Waals surface area contributed by atoms with E-state index in [0.717, 1.165) is 0 Å². The average molecular weight is 521 g/mol. The molecule has 0 saturated carbocycles. The molecule has 82 valence electrons. The van der Waals surface area contributed by atoms with Crippen LogP contribution in [0.4, 0.5) is 0 Å². The molecule has 0 aliphatic heterocycles. The first-order valence-corrected chi connectivity index (χ1v) is 14.5. The SMILES string of the molecule is CC(C)=CCCCCC[I-]N[I-]I. The quantitative estimate of drug-likeness (QED) is 0.122. The van der Waals surface area contributed by atoms with Gasteiger partial charge in [0.2, 0.25) is 0 Å². The fraction of sp³-hybridized carbons (Fsp3) is 0.778. The molecule has 0 saturated heterocycles. The normalized spacial score (nSPS) is 10.7. The van der Waals surface area contributed by atoms with E-state index in [-0.39, 0.29) is 0 Å². The van der Waals surface area contributed by atoms with Crippen molar-refractivity contribution in [3.63, 3.8) is 0 Å². The molecular formula is C9H18I3N-2. The number of rotatable bonds is 8. The molecule has 0 aliphatic rings. The van der Waals surface area contributed by atoms with E-state index in [2.05, 4.69) is 40.3 Å². The Morgan fingerprint density at radius 2 is 2.08 bits per heavy atom. The number of nitrogens with one attached hydrogen (secondary N) is 1. The van der Waals surface area contributed by atoms with Crippen molar-refractivity contribution in [2.24, 2.45) is 0 Å². The Labute approximate surface area is 113 Å². The molecule has 0 atom stereocenters. The van der Waals surface area contributed by atoms with Gasteiger partial charge in [0.15, 0.2) is 0 Å². The third-order valence-electron chi connectivity index (χ3n) is 1.56. The minimum absolute atomic E-state index is 0.329. The van der Waals surface area contributed by atoms with Gasteiger partial charge in [0.05, 0.1) is 0 Å². The van der Waals surface area contributed by atoms with E-state index in [1.807, 2.05) is 0 Å². The summed E-state index contributed by atoms with van der Waals surface area (Å²) in [5, 5.41) is 0. The van der Waals surface area contributed by atoms with Gasteiger partial charge in [-0.1, -0.05) is 0 Å². The van der Waals surface area contributed by atoms with Crippen LogP contribution in [0.25, 0.3) is 0 Å². The Morgan fingerprint density at radius 1 is 1.31 bits per heavy atom. The Hall–Kier alpha value is 1.89. The fourth-order valence-electron chi connectivity index (χ4n) is 0.928. The molecule has 0 spiro atoms. The summed E-state index contributed by atoms with van der Waals surface area (Å²) in [5.41, 5.74) is 1.46. The third-order valence-corrected chi connectivity index (χ3v) is 13.2. The first-order valence-electron chi connectivity index (χ1n) is 4.49. The molecule has 0 radical (unpaired) electrons. The number of hydrogen-bond acceptors (Lipinski definition) is 1. The Bertz CT molecular complexity index is 133. The summed E-state index contributed by atoms with van der Waals surface area (Å²) in [6, 6.07) is 0. The average Bonchev–Trinajstić information content (AvgIpc) is 2.09. The van der Waals surface area contributed by atoms with Gasteiger partial charge in [-0.15, -0.1) is 0 Å². The molecule has 0 aromatic carbocycles. The van der Waals surface area contributed by atoms with Crippen molar-refractivity contribution in [3.05, 3.63) is 11.6 Å². The number of hydrogen-bond donors (Lipinski definition) is 1. The van der Waals surface area contributed by atoms with Crippen LogP contribution in [0.5, 0.6) is 0 Å². The zero-order chi connectivity index (χ0) is 9.94. The molecule has 0 bridgehead atoms. The van der Waals surface area contributed by atoms with Crippen LogP contribution < -0.4 is 40.7 Å². The van der Waals surface area contributed by atoms with Crippen molar-refractivity contribution >= 4 is 18.6 Å². The van der Waals surface area contributed by atoms with Crippen LogP contribution in [0, 0.1) is 0 Å². The molecule has 4 heteroatoms. The predicted octanol–water partition coefficient (Wildman–Crippen LogP) is -2.54. The van der Waals surface area contributed by atoms with Crippen molar-refractivity contribution < 1.29 is 39.0 Å². The van der Waals surface area contributed by atoms with E-state index < -0.39 is 0 Å². The molecule has 1 nitrogen and oxygen atoms in total. The van der Waals surface area contributed by atoms with E-state index in [0.29, 0.717) is 39.0 Å². The van der Waals surface area contributed by atoms with Crippen LogP contribution >= 0.6 is 18.6 Å². The van der Waals surface area contributed by atoms with Crippen LogP contribution in [0.3, 0.4) is 0 Å². The maximum absolute atomic E-state index is 3.55. The van der Waals surface area contributed by atoms with Crippen molar-refractivity contribution in [1.29, 1.82) is 0 Å². The number of alkyl halides is 1. The monoisotopic (exact) mass is 521 g/mol. The zero-order valence-electron chi connectivity index (χ0n) is 8.25. The molecule has 0 heterocycles. The van der Waals surface area contributed by atoms with E-state index in [1.54, 1.807) is 0 Å². The standard InChI is InChI=1S/C9H18I3N/c1-9(2)7-5-3-4-6-8-11-13-12-10/h7,13H,3-6,8H2,1-2H3/q-2. The summed E-state index contributed by atoms with van der Waals surface area (Å²) in [6.45, 7) is 4.36. The zero-order valence-corrected chi connectivity index (χ0v) is 14.7. The molecule has 0 unspecified atom stereocenters. The van der Waals surface area contributed by atoms with E-state index in [4.69, 9.17) is 0 Å². The third kappa shape index (κ3) is 13.9. The van der Waals surface area contributed by atoms with Gasteiger partial charge in [0.1, 0.15) is 0 Å². The van der Waals surface area contributed by atoms with Gasteiger partial charge in [0.25, 0.3) is 0 Å². The molecular weight excluding hydrogens is 503 g/mol. The molecule has 0 rings (SSSR count). The minimum atomic E-state index is 0.329. The van der Waals surface area contributed by atoms with Gasteiger partial charge >= 0.3 is 115 Å². The van der Waals surface area contributed by atoms with Crippen LogP contribution in [0.2, 0.25) is 0 Å². The van der Waals surface area contributed by atoms with Crippen LogP contribution in [0.1, 0.15) is 39.5 Å². The molecule has 0 aromatic rings. The summed E-state index contributed by atoms with van der Waals surface area (Å²) >= 11 is 3.18. The molecule has 0 aromatic heterocycles. The van der Waals surface area contributed by atoms with Crippen molar-refractivity contribution in [2.75, 3.05) is 4.43 Å². The molecule has 0 aliphatic carbocycles. The fourth-order valence-corrected chi connectivity index (χ4v) is 9.16. The summed E-state index contributed by atoms with van der Waals surface area (Å²) in [6.07, 6.45) is 7.88. The Balaban J connectivity index is 2.96. The van der Waals surface area contributed by atoms with Gasteiger partial charge in [0, 0.05) is 0 Å². The van der Waals surface area contributed by atoms with Crippen molar-refractivity contribution in [2.45, 2.75) is 39.5 Å². The van der Waals surface area contributed by atoms with E-state index >= 15 is 0 Å². The first kappa shape index (κ1) is 14.9. The summed E-state index contributed by atoms with van der Waals surface area (Å²) < 4.78 is 5.02. The molecule has 13 heavy (non-hydrogen) atoms. The molecule has 1 N–H and O–H groups in total. The summed E-state index contributed by atoms with van der Waals surface area (Å²) in [4.78, 5) is 0. The topological polar surface area (TPSA) is 12.0 Å². The number of unbranched alkanes of at least 4 members (excludes halogenated alkanes) is 3. The van der Waals surface area contributed by atoms with Crippen LogP contribution in [-0.2, 0) is 0 Å². The first-order chi connectivity index (χ1) is 6.27. The number of allylic oxidation sites excluding steroid dienone is 2.